The molecule has 0 fully saturated rings. The van der Waals surface area contributed by atoms with Gasteiger partial charge in [-0.2, -0.15) is 0 Å². The molecule has 4 N–H and O–H groups in total. The number of rotatable bonds is 6. The van der Waals surface area contributed by atoms with Crippen molar-refractivity contribution >= 4 is 11.6 Å². The molecule has 1 heterocycles. The van der Waals surface area contributed by atoms with E-state index in [4.69, 9.17) is 0 Å². The van der Waals surface area contributed by atoms with Crippen LogP contribution in [0.5, 0.6) is 11.5 Å². The van der Waals surface area contributed by atoms with Crippen LogP contribution in [0.3, 0.4) is 0 Å². The summed E-state index contributed by atoms with van der Waals surface area (Å²) in [4.78, 5) is 13.0. The summed E-state index contributed by atoms with van der Waals surface area (Å²) in [6.45, 7) is 2.06. The van der Waals surface area contributed by atoms with E-state index in [9.17, 15) is 13.6 Å². The molecular weight excluding hydrogens is 284 g/mol. The van der Waals surface area contributed by atoms with Gasteiger partial charge in [-0.25, -0.2) is 0 Å². The van der Waals surface area contributed by atoms with Crippen molar-refractivity contribution in [2.45, 2.75) is 6.29 Å². The second-order valence-electron chi connectivity index (χ2n) is 5.12. The molecule has 0 saturated heterocycles. The van der Waals surface area contributed by atoms with Crippen molar-refractivity contribution in [3.05, 3.63) is 18.2 Å². The monoisotopic (exact) mass is 303 g/mol. The average molecular weight is 303 g/mol. The summed E-state index contributed by atoms with van der Waals surface area (Å²) < 4.78 is 34.3. The molecule has 1 aromatic rings. The van der Waals surface area contributed by atoms with Crippen molar-refractivity contribution in [2.24, 2.45) is 0 Å². The van der Waals surface area contributed by atoms with Gasteiger partial charge >= 0.3 is 6.29 Å². The minimum Gasteiger partial charge on any atom is -0.395 e. The van der Waals surface area contributed by atoms with E-state index >= 15 is 0 Å². The Morgan fingerprint density at radius 2 is 2.05 bits per heavy atom. The predicted molar refractivity (Wildman–Crippen MR) is 70.6 cm³/mol. The maximum absolute atomic E-state index is 12.9. The van der Waals surface area contributed by atoms with Crippen LogP contribution in [0.15, 0.2) is 18.2 Å². The highest BCUT2D eigenvalue weighted by atomic mass is 19.3. The third kappa shape index (κ3) is 4.54. The first-order chi connectivity index (χ1) is 9.85. The van der Waals surface area contributed by atoms with Gasteiger partial charge in [0.2, 0.25) is 0 Å². The summed E-state index contributed by atoms with van der Waals surface area (Å²) in [6.07, 6.45) is -3.65. The zero-order valence-electron chi connectivity index (χ0n) is 11.9. The quantitative estimate of drug-likeness (QED) is 0.570. The van der Waals surface area contributed by atoms with E-state index < -0.39 is 6.29 Å². The SMILES string of the molecule is C[NH+](C)CC[NH2+]CC(=O)Nc1ccc2c(c1)OC(F)(F)O2. The van der Waals surface area contributed by atoms with Gasteiger partial charge < -0.3 is 25.0 Å². The van der Waals surface area contributed by atoms with Gasteiger partial charge in [0.15, 0.2) is 18.0 Å². The molecule has 0 bridgehead atoms. The molecule has 6 nitrogen and oxygen atoms in total. The Morgan fingerprint density at radius 1 is 1.33 bits per heavy atom. The van der Waals surface area contributed by atoms with Crippen LogP contribution >= 0.6 is 0 Å². The van der Waals surface area contributed by atoms with Crippen LogP contribution in [0.1, 0.15) is 0 Å². The Morgan fingerprint density at radius 3 is 2.76 bits per heavy atom. The summed E-state index contributed by atoms with van der Waals surface area (Å²) >= 11 is 0. The number of amides is 1. The van der Waals surface area contributed by atoms with Crippen LogP contribution < -0.4 is 25.0 Å². The molecule has 1 aliphatic rings. The lowest BCUT2D eigenvalue weighted by atomic mass is 10.3. The normalized spacial score (nSPS) is 15.3. The highest BCUT2D eigenvalue weighted by Gasteiger charge is 2.43. The number of benzene rings is 1. The molecule has 2 rings (SSSR count). The lowest BCUT2D eigenvalue weighted by Gasteiger charge is -2.07. The molecule has 1 aromatic carbocycles. The fraction of sp³-hybridized carbons (Fsp3) is 0.462. The van der Waals surface area contributed by atoms with Crippen molar-refractivity contribution < 1.29 is 33.3 Å². The molecule has 1 amide bonds. The van der Waals surface area contributed by atoms with Gasteiger partial charge in [-0.1, -0.05) is 0 Å². The van der Waals surface area contributed by atoms with E-state index in [1.54, 1.807) is 0 Å². The number of likely N-dealkylation sites (N-methyl/N-ethyl adjacent to an activating group) is 1. The van der Waals surface area contributed by atoms with Crippen molar-refractivity contribution in [3.8, 4) is 11.5 Å². The zero-order valence-corrected chi connectivity index (χ0v) is 11.9. The van der Waals surface area contributed by atoms with E-state index in [-0.39, 0.29) is 24.0 Å². The number of hydrogen-bond donors (Lipinski definition) is 3. The Hall–Kier alpha value is -1.93. The Balaban J connectivity index is 1.83. The Bertz CT molecular complexity index is 523. The summed E-state index contributed by atoms with van der Waals surface area (Å²) in [5.74, 6) is -0.328. The molecule has 0 aromatic heterocycles. The first-order valence-electron chi connectivity index (χ1n) is 6.66. The van der Waals surface area contributed by atoms with Crippen LogP contribution in [0.25, 0.3) is 0 Å². The van der Waals surface area contributed by atoms with Gasteiger partial charge in [0, 0.05) is 11.8 Å². The number of carbonyl (C=O) groups is 1. The number of hydrogen-bond acceptors (Lipinski definition) is 3. The number of anilines is 1. The number of ether oxygens (including phenoxy) is 2. The smallest absolute Gasteiger partial charge is 0.395 e. The summed E-state index contributed by atoms with van der Waals surface area (Å²) in [5, 5.41) is 4.52. The zero-order chi connectivity index (χ0) is 15.5. The minimum atomic E-state index is -3.65. The maximum atomic E-state index is 12.9. The first kappa shape index (κ1) is 15.5. The number of carbonyl (C=O) groups excluding carboxylic acids is 1. The van der Waals surface area contributed by atoms with E-state index in [0.29, 0.717) is 5.69 Å². The van der Waals surface area contributed by atoms with Gasteiger partial charge in [-0.05, 0) is 12.1 Å². The van der Waals surface area contributed by atoms with Gasteiger partial charge in [-0.15, -0.1) is 8.78 Å². The second-order valence-corrected chi connectivity index (χ2v) is 5.12. The lowest BCUT2D eigenvalue weighted by Crippen LogP contribution is -3.09. The molecule has 0 radical (unpaired) electrons. The highest BCUT2D eigenvalue weighted by Crippen LogP contribution is 2.42. The molecule has 0 saturated carbocycles. The standard InChI is InChI=1S/C13H17F2N3O3/c1-18(2)6-5-16-8-12(19)17-9-3-4-10-11(7-9)21-13(14,15)20-10/h3-4,7,16H,5-6,8H2,1-2H3,(H,17,19)/p+2. The Labute approximate surface area is 121 Å². The molecule has 0 spiro atoms. The van der Waals surface area contributed by atoms with E-state index in [0.717, 1.165) is 13.1 Å². The van der Waals surface area contributed by atoms with Crippen molar-refractivity contribution in [1.29, 1.82) is 0 Å². The number of alkyl halides is 2. The molecule has 0 unspecified atom stereocenters. The van der Waals surface area contributed by atoms with Gasteiger partial charge in [-0.3, -0.25) is 4.79 Å². The van der Waals surface area contributed by atoms with Crippen LogP contribution in [-0.4, -0.2) is 45.9 Å². The van der Waals surface area contributed by atoms with Gasteiger partial charge in [0.05, 0.1) is 14.1 Å². The van der Waals surface area contributed by atoms with Crippen molar-refractivity contribution in [3.63, 3.8) is 0 Å². The Kier molecular flexibility index (Phi) is 4.59. The first-order valence-corrected chi connectivity index (χ1v) is 6.66. The van der Waals surface area contributed by atoms with Crippen molar-refractivity contribution in [1.82, 2.24) is 0 Å². The van der Waals surface area contributed by atoms with Crippen molar-refractivity contribution in [2.75, 3.05) is 39.0 Å². The number of nitrogens with one attached hydrogen (secondary N) is 2. The van der Waals surface area contributed by atoms with Crippen LogP contribution in [-0.2, 0) is 4.79 Å². The summed E-state index contributed by atoms with van der Waals surface area (Å²) in [5.41, 5.74) is 0.395. The third-order valence-corrected chi connectivity index (χ3v) is 2.86. The molecule has 21 heavy (non-hydrogen) atoms. The maximum Gasteiger partial charge on any atom is 0.586 e. The largest absolute Gasteiger partial charge is 0.586 e. The number of fused-ring (bicyclic) bond motifs is 1. The number of halogens is 2. The van der Waals surface area contributed by atoms with E-state index in [1.165, 1.54) is 23.1 Å². The van der Waals surface area contributed by atoms with E-state index in [2.05, 4.69) is 14.8 Å². The van der Waals surface area contributed by atoms with E-state index in [1.807, 2.05) is 19.4 Å². The highest BCUT2D eigenvalue weighted by molar-refractivity contribution is 5.91. The second kappa shape index (κ2) is 6.23. The summed E-state index contributed by atoms with van der Waals surface area (Å²) in [7, 11) is 4.08. The fourth-order valence-corrected chi connectivity index (χ4v) is 1.86. The van der Waals surface area contributed by atoms with Gasteiger partial charge in [0.25, 0.3) is 5.91 Å². The van der Waals surface area contributed by atoms with Crippen LogP contribution in [0.4, 0.5) is 14.5 Å². The molecule has 1 aliphatic heterocycles. The average Bonchev–Trinajstić information content (AvgIpc) is 2.67. The molecule has 116 valence electrons. The molecule has 8 heteroatoms. The molecule has 0 atom stereocenters. The topological polar surface area (TPSA) is 68.6 Å². The lowest BCUT2D eigenvalue weighted by molar-refractivity contribution is -0.873. The fourth-order valence-electron chi connectivity index (χ4n) is 1.86. The number of quaternary nitrogens is 2. The van der Waals surface area contributed by atoms with Gasteiger partial charge in [0.1, 0.15) is 13.1 Å². The molecular formula is C13H19F2N3O3+2. The van der Waals surface area contributed by atoms with Crippen LogP contribution in [0, 0.1) is 0 Å². The third-order valence-electron chi connectivity index (χ3n) is 2.86. The molecule has 0 aliphatic carbocycles. The predicted octanol–water partition coefficient (Wildman–Crippen LogP) is -1.35. The minimum absolute atomic E-state index is 0.0430. The number of nitrogens with two attached hydrogens (primary N) is 1. The van der Waals surface area contributed by atoms with Crippen LogP contribution in [0.2, 0.25) is 0 Å². The summed E-state index contributed by atoms with van der Waals surface area (Å²) in [6, 6.07) is 4.15.